The maximum absolute atomic E-state index is 12.4. The molecule has 0 aliphatic heterocycles. The molecule has 0 heterocycles. The Hall–Kier alpha value is -0.530. The fraction of sp³-hybridized carbons (Fsp3) is 0.975. The van der Waals surface area contributed by atoms with Crippen LogP contribution in [0.1, 0.15) is 183 Å². The molecule has 0 aromatic carbocycles. The molecule has 244 valence electrons. The molecule has 10 atom stereocenters. The van der Waals surface area contributed by atoms with Crippen molar-refractivity contribution in [3.63, 3.8) is 0 Å². The van der Waals surface area contributed by atoms with E-state index in [0.717, 1.165) is 41.9 Å². The van der Waals surface area contributed by atoms with E-state index in [9.17, 15) is 4.79 Å². The Labute approximate surface area is 262 Å². The van der Waals surface area contributed by atoms with Crippen LogP contribution in [0.4, 0.5) is 0 Å². The second-order valence-corrected chi connectivity index (χ2v) is 16.9. The maximum atomic E-state index is 12.4. The van der Waals surface area contributed by atoms with Crippen LogP contribution in [0.15, 0.2) is 0 Å². The van der Waals surface area contributed by atoms with E-state index in [4.69, 9.17) is 4.74 Å². The van der Waals surface area contributed by atoms with Gasteiger partial charge in [-0.1, -0.05) is 119 Å². The van der Waals surface area contributed by atoms with Gasteiger partial charge in [0.1, 0.15) is 0 Å². The molecule has 2 heteroatoms. The minimum atomic E-state index is 0.0296. The third-order valence-electron chi connectivity index (χ3n) is 14.4. The number of hydrogen-bond acceptors (Lipinski definition) is 2. The lowest BCUT2D eigenvalue weighted by Gasteiger charge is -2.61. The number of rotatable bonds is 17. The van der Waals surface area contributed by atoms with E-state index in [1.54, 1.807) is 6.42 Å². The predicted octanol–water partition coefficient (Wildman–Crippen LogP) is 12.2. The summed E-state index contributed by atoms with van der Waals surface area (Å²) in [6.07, 6.45) is 29.9. The monoisotopic (exact) mass is 585 g/mol. The molecular weight excluding hydrogens is 512 g/mol. The van der Waals surface area contributed by atoms with Crippen molar-refractivity contribution in [2.24, 2.45) is 58.2 Å². The van der Waals surface area contributed by atoms with Gasteiger partial charge in [0, 0.05) is 6.42 Å². The Morgan fingerprint density at radius 1 is 0.714 bits per heavy atom. The third-order valence-corrected chi connectivity index (χ3v) is 14.4. The number of fused-ring (bicyclic) bond motifs is 5. The van der Waals surface area contributed by atoms with Crippen molar-refractivity contribution < 1.29 is 9.53 Å². The number of esters is 1. The summed E-state index contributed by atoms with van der Waals surface area (Å²) in [5, 5.41) is 0. The van der Waals surface area contributed by atoms with Crippen molar-refractivity contribution in [3.8, 4) is 0 Å². The zero-order valence-electron chi connectivity index (χ0n) is 29.2. The topological polar surface area (TPSA) is 26.3 Å². The van der Waals surface area contributed by atoms with Crippen LogP contribution in [-0.4, -0.2) is 12.6 Å². The lowest BCUT2D eigenvalue weighted by molar-refractivity contribution is -0.145. The van der Waals surface area contributed by atoms with Crippen LogP contribution < -0.4 is 0 Å². The SMILES string of the molecule is CCCCCCCCCCCC(=O)OCC(C)[C@@H](C)CC[C@@H](C)[C@H]1CC[C@H]2[C@@H]3CCC4CCCC[C@]4(C)[C@H]3CC[C@]12C. The van der Waals surface area contributed by atoms with Gasteiger partial charge in [-0.2, -0.15) is 0 Å². The zero-order chi connectivity index (χ0) is 30.2. The van der Waals surface area contributed by atoms with Gasteiger partial charge in [0.15, 0.2) is 0 Å². The molecule has 42 heavy (non-hydrogen) atoms. The first-order valence-corrected chi connectivity index (χ1v) is 19.4. The first-order valence-electron chi connectivity index (χ1n) is 19.4. The molecule has 4 rings (SSSR count). The van der Waals surface area contributed by atoms with Crippen LogP contribution in [0.2, 0.25) is 0 Å². The van der Waals surface area contributed by atoms with Crippen LogP contribution in [0.5, 0.6) is 0 Å². The number of carbonyl (C=O) groups is 1. The first kappa shape index (κ1) is 34.3. The Balaban J connectivity index is 1.13. The van der Waals surface area contributed by atoms with Crippen LogP contribution in [0.3, 0.4) is 0 Å². The highest BCUT2D eigenvalue weighted by atomic mass is 16.5. The Morgan fingerprint density at radius 2 is 1.40 bits per heavy atom. The van der Waals surface area contributed by atoms with Gasteiger partial charge in [0.25, 0.3) is 0 Å². The predicted molar refractivity (Wildman–Crippen MR) is 179 cm³/mol. The summed E-state index contributed by atoms with van der Waals surface area (Å²) in [6.45, 7) is 15.6. The van der Waals surface area contributed by atoms with Crippen molar-refractivity contribution in [2.75, 3.05) is 6.61 Å². The summed E-state index contributed by atoms with van der Waals surface area (Å²) < 4.78 is 5.75. The lowest BCUT2D eigenvalue weighted by Crippen LogP contribution is -2.53. The molecule has 0 aromatic rings. The fourth-order valence-corrected chi connectivity index (χ4v) is 11.3. The van der Waals surface area contributed by atoms with E-state index in [0.29, 0.717) is 35.7 Å². The van der Waals surface area contributed by atoms with E-state index >= 15 is 0 Å². The molecule has 2 unspecified atom stereocenters. The number of carbonyl (C=O) groups excluding carboxylic acids is 1. The highest BCUT2D eigenvalue weighted by molar-refractivity contribution is 5.69. The van der Waals surface area contributed by atoms with E-state index in [1.807, 2.05) is 0 Å². The van der Waals surface area contributed by atoms with E-state index in [2.05, 4.69) is 41.5 Å². The van der Waals surface area contributed by atoms with Gasteiger partial charge in [-0.3, -0.25) is 4.79 Å². The summed E-state index contributed by atoms with van der Waals surface area (Å²) in [6, 6.07) is 0. The van der Waals surface area contributed by atoms with Crippen LogP contribution >= 0.6 is 0 Å². The lowest BCUT2D eigenvalue weighted by atomic mass is 9.44. The van der Waals surface area contributed by atoms with Crippen LogP contribution in [0.25, 0.3) is 0 Å². The van der Waals surface area contributed by atoms with Crippen molar-refractivity contribution >= 4 is 5.97 Å². The normalized spacial score (nSPS) is 36.4. The molecule has 0 spiro atoms. The van der Waals surface area contributed by atoms with Gasteiger partial charge >= 0.3 is 5.97 Å². The minimum Gasteiger partial charge on any atom is -0.465 e. The summed E-state index contributed by atoms with van der Waals surface area (Å²) in [5.74, 6) is 6.90. The van der Waals surface area contributed by atoms with Gasteiger partial charge in [-0.25, -0.2) is 0 Å². The molecule has 0 N–H and O–H groups in total. The Bertz CT molecular complexity index is 805. The smallest absolute Gasteiger partial charge is 0.305 e. The second-order valence-electron chi connectivity index (χ2n) is 16.9. The van der Waals surface area contributed by atoms with E-state index < -0.39 is 0 Å². The van der Waals surface area contributed by atoms with Crippen molar-refractivity contribution in [1.82, 2.24) is 0 Å². The average Bonchev–Trinajstić information content (AvgIpc) is 3.34. The summed E-state index contributed by atoms with van der Waals surface area (Å²) in [5.41, 5.74) is 1.24. The molecule has 4 fully saturated rings. The minimum absolute atomic E-state index is 0.0296. The van der Waals surface area contributed by atoms with Gasteiger partial charge in [0.2, 0.25) is 0 Å². The molecule has 0 aromatic heterocycles. The summed E-state index contributed by atoms with van der Waals surface area (Å²) in [7, 11) is 0. The summed E-state index contributed by atoms with van der Waals surface area (Å²) >= 11 is 0. The van der Waals surface area contributed by atoms with E-state index in [-0.39, 0.29) is 5.97 Å². The van der Waals surface area contributed by atoms with Crippen LogP contribution in [0, 0.1) is 58.2 Å². The molecule has 4 aliphatic rings. The number of unbranched alkanes of at least 4 members (excludes halogenated alkanes) is 8. The molecule has 0 saturated heterocycles. The molecule has 0 amide bonds. The summed E-state index contributed by atoms with van der Waals surface area (Å²) in [4.78, 5) is 12.4. The van der Waals surface area contributed by atoms with Crippen molar-refractivity contribution in [1.29, 1.82) is 0 Å². The fourth-order valence-electron chi connectivity index (χ4n) is 11.3. The second kappa shape index (κ2) is 16.2. The molecule has 4 saturated carbocycles. The molecule has 4 aliphatic carbocycles. The third kappa shape index (κ3) is 8.19. The Morgan fingerprint density at radius 3 is 2.14 bits per heavy atom. The quantitative estimate of drug-likeness (QED) is 0.125. The maximum Gasteiger partial charge on any atom is 0.305 e. The van der Waals surface area contributed by atoms with Gasteiger partial charge in [-0.05, 0) is 116 Å². The van der Waals surface area contributed by atoms with Crippen molar-refractivity contribution in [2.45, 2.75) is 183 Å². The number of ether oxygens (including phenoxy) is 1. The first-order chi connectivity index (χ1) is 20.2. The largest absolute Gasteiger partial charge is 0.465 e. The van der Waals surface area contributed by atoms with Gasteiger partial charge in [-0.15, -0.1) is 0 Å². The van der Waals surface area contributed by atoms with Gasteiger partial charge < -0.3 is 4.74 Å². The van der Waals surface area contributed by atoms with Crippen molar-refractivity contribution in [3.05, 3.63) is 0 Å². The highest BCUT2D eigenvalue weighted by Crippen LogP contribution is 2.68. The number of hydrogen-bond donors (Lipinski definition) is 0. The molecule has 0 bridgehead atoms. The molecular formula is C40H72O2. The molecule has 0 radical (unpaired) electrons. The average molecular weight is 585 g/mol. The van der Waals surface area contributed by atoms with Gasteiger partial charge in [0.05, 0.1) is 6.61 Å². The van der Waals surface area contributed by atoms with Crippen LogP contribution in [-0.2, 0) is 9.53 Å². The highest BCUT2D eigenvalue weighted by Gasteiger charge is 2.60. The Kier molecular flexibility index (Phi) is 13.2. The zero-order valence-corrected chi connectivity index (χ0v) is 29.2. The molecule has 2 nitrogen and oxygen atoms in total. The van der Waals surface area contributed by atoms with E-state index in [1.165, 1.54) is 122 Å². The standard InChI is InChI=1S/C40H72O2/c1-7-8-9-10-11-12-13-14-15-19-38(41)42-29-32(4)30(2)20-21-31(3)35-24-25-36-34-23-22-33-18-16-17-27-39(33,5)37(34)26-28-40(35,36)6/h30-37H,7-29H2,1-6H3/t30-,31+,32?,33?,34-,35+,36-,37-,39-,40+/m0/s1.